The highest BCUT2D eigenvalue weighted by Gasteiger charge is 2.10. The first-order valence-corrected chi connectivity index (χ1v) is 6.98. The molecule has 0 bridgehead atoms. The number of hydrogen-bond acceptors (Lipinski definition) is 4. The number of para-hydroxylation sites is 1. The summed E-state index contributed by atoms with van der Waals surface area (Å²) in [5.41, 5.74) is 2.94. The van der Waals surface area contributed by atoms with Gasteiger partial charge in [0.05, 0.1) is 5.56 Å². The van der Waals surface area contributed by atoms with Crippen molar-refractivity contribution in [2.45, 2.75) is 13.5 Å². The Balaban J connectivity index is 1.83. The van der Waals surface area contributed by atoms with E-state index in [1.807, 2.05) is 48.5 Å². The van der Waals surface area contributed by atoms with Crippen molar-refractivity contribution in [1.82, 2.24) is 10.1 Å². The molecule has 1 aromatic heterocycles. The van der Waals surface area contributed by atoms with E-state index in [4.69, 9.17) is 16.1 Å². The summed E-state index contributed by atoms with van der Waals surface area (Å²) < 4.78 is 5.24. The monoisotopic (exact) mass is 299 g/mol. The molecule has 3 aromatic rings. The molecular formula is C16H14ClN3O. The third-order valence-electron chi connectivity index (χ3n) is 3.06. The fourth-order valence-electron chi connectivity index (χ4n) is 2.07. The standard InChI is InChI=1S/C16H14ClN3O/c1-11-19-16(21-20-11)14-7-2-3-8-15(14)18-10-12-5-4-6-13(17)9-12/h2-9,18H,10H2,1H3. The van der Waals surface area contributed by atoms with Gasteiger partial charge >= 0.3 is 0 Å². The molecule has 21 heavy (non-hydrogen) atoms. The summed E-state index contributed by atoms with van der Waals surface area (Å²) in [5, 5.41) is 7.94. The van der Waals surface area contributed by atoms with Crippen LogP contribution < -0.4 is 5.32 Å². The van der Waals surface area contributed by atoms with E-state index in [9.17, 15) is 0 Å². The fraction of sp³-hybridized carbons (Fsp3) is 0.125. The number of hydrogen-bond donors (Lipinski definition) is 1. The molecule has 1 heterocycles. The van der Waals surface area contributed by atoms with Gasteiger partial charge in [-0.2, -0.15) is 4.98 Å². The number of halogens is 1. The predicted molar refractivity (Wildman–Crippen MR) is 83.2 cm³/mol. The van der Waals surface area contributed by atoms with Crippen LogP contribution in [0.1, 0.15) is 11.4 Å². The van der Waals surface area contributed by atoms with E-state index in [0.717, 1.165) is 21.8 Å². The first-order chi connectivity index (χ1) is 10.2. The summed E-state index contributed by atoms with van der Waals surface area (Å²) in [7, 11) is 0. The lowest BCUT2D eigenvalue weighted by Crippen LogP contribution is -2.00. The third-order valence-corrected chi connectivity index (χ3v) is 3.29. The van der Waals surface area contributed by atoms with Gasteiger partial charge in [-0.25, -0.2) is 0 Å². The Morgan fingerprint density at radius 1 is 1.14 bits per heavy atom. The SMILES string of the molecule is Cc1noc(-c2ccccc2NCc2cccc(Cl)c2)n1. The Labute approximate surface area is 127 Å². The van der Waals surface area contributed by atoms with E-state index in [2.05, 4.69) is 15.5 Å². The van der Waals surface area contributed by atoms with Crippen LogP contribution in [0.25, 0.3) is 11.5 Å². The van der Waals surface area contributed by atoms with Crippen LogP contribution in [-0.2, 0) is 6.54 Å². The maximum absolute atomic E-state index is 6.00. The van der Waals surface area contributed by atoms with Crippen LogP contribution in [0, 0.1) is 6.92 Å². The minimum atomic E-state index is 0.515. The zero-order valence-corrected chi connectivity index (χ0v) is 12.3. The zero-order chi connectivity index (χ0) is 14.7. The molecule has 0 saturated carbocycles. The van der Waals surface area contributed by atoms with Gasteiger partial charge in [-0.3, -0.25) is 0 Å². The molecule has 0 saturated heterocycles. The van der Waals surface area contributed by atoms with E-state index in [0.29, 0.717) is 18.3 Å². The van der Waals surface area contributed by atoms with Crippen LogP contribution in [0.5, 0.6) is 0 Å². The van der Waals surface area contributed by atoms with Gasteiger partial charge < -0.3 is 9.84 Å². The summed E-state index contributed by atoms with van der Waals surface area (Å²) in [6.07, 6.45) is 0. The van der Waals surface area contributed by atoms with Crippen molar-refractivity contribution in [3.63, 3.8) is 0 Å². The van der Waals surface area contributed by atoms with E-state index >= 15 is 0 Å². The van der Waals surface area contributed by atoms with Gasteiger partial charge in [0, 0.05) is 17.3 Å². The summed E-state index contributed by atoms with van der Waals surface area (Å²) >= 11 is 6.00. The van der Waals surface area contributed by atoms with Crippen LogP contribution in [0.3, 0.4) is 0 Å². The van der Waals surface area contributed by atoms with Crippen LogP contribution in [0.2, 0.25) is 5.02 Å². The average Bonchev–Trinajstić information content (AvgIpc) is 2.92. The van der Waals surface area contributed by atoms with Gasteiger partial charge in [0.25, 0.3) is 5.89 Å². The van der Waals surface area contributed by atoms with Gasteiger partial charge in [0.15, 0.2) is 5.82 Å². The third kappa shape index (κ3) is 3.23. The summed E-state index contributed by atoms with van der Waals surface area (Å²) in [6, 6.07) is 15.6. The second kappa shape index (κ2) is 5.97. The quantitative estimate of drug-likeness (QED) is 0.780. The van der Waals surface area contributed by atoms with Gasteiger partial charge in [-0.15, -0.1) is 0 Å². The number of nitrogens with zero attached hydrogens (tertiary/aromatic N) is 2. The van der Waals surface area contributed by atoms with Gasteiger partial charge in [-0.1, -0.05) is 41.0 Å². The van der Waals surface area contributed by atoms with Gasteiger partial charge in [0.2, 0.25) is 0 Å². The smallest absolute Gasteiger partial charge is 0.260 e. The van der Waals surface area contributed by atoms with E-state index in [-0.39, 0.29) is 0 Å². The molecule has 0 unspecified atom stereocenters. The first-order valence-electron chi connectivity index (χ1n) is 6.60. The Kier molecular flexibility index (Phi) is 3.88. The first kappa shape index (κ1) is 13.6. The molecule has 1 N–H and O–H groups in total. The lowest BCUT2D eigenvalue weighted by atomic mass is 10.1. The van der Waals surface area contributed by atoms with Crippen molar-refractivity contribution >= 4 is 17.3 Å². The summed E-state index contributed by atoms with van der Waals surface area (Å²) in [4.78, 5) is 4.27. The number of aryl methyl sites for hydroxylation is 1. The van der Waals surface area contributed by atoms with Gasteiger partial charge in [0.1, 0.15) is 0 Å². The maximum atomic E-state index is 6.00. The average molecular weight is 300 g/mol. The van der Waals surface area contributed by atoms with Crippen molar-refractivity contribution in [3.05, 3.63) is 64.9 Å². The van der Waals surface area contributed by atoms with Crippen LogP contribution in [-0.4, -0.2) is 10.1 Å². The molecular weight excluding hydrogens is 286 g/mol. The van der Waals surface area contributed by atoms with E-state index < -0.39 is 0 Å². The number of anilines is 1. The fourth-order valence-corrected chi connectivity index (χ4v) is 2.29. The highest BCUT2D eigenvalue weighted by molar-refractivity contribution is 6.30. The topological polar surface area (TPSA) is 51.0 Å². The minimum absolute atomic E-state index is 0.515. The van der Waals surface area contributed by atoms with Crippen LogP contribution in [0.15, 0.2) is 53.1 Å². The molecule has 0 radical (unpaired) electrons. The molecule has 0 spiro atoms. The Morgan fingerprint density at radius 2 is 2.00 bits per heavy atom. The van der Waals surface area contributed by atoms with Crippen LogP contribution >= 0.6 is 11.6 Å². The van der Waals surface area contributed by atoms with E-state index in [1.165, 1.54) is 0 Å². The zero-order valence-electron chi connectivity index (χ0n) is 11.5. The molecule has 3 rings (SSSR count). The second-order valence-electron chi connectivity index (χ2n) is 4.68. The van der Waals surface area contributed by atoms with Crippen LogP contribution in [0.4, 0.5) is 5.69 Å². The summed E-state index contributed by atoms with van der Waals surface area (Å²) in [6.45, 7) is 2.47. The number of aromatic nitrogens is 2. The molecule has 5 heteroatoms. The molecule has 4 nitrogen and oxygen atoms in total. The molecule has 0 aliphatic carbocycles. The van der Waals surface area contributed by atoms with Crippen molar-refractivity contribution in [2.75, 3.05) is 5.32 Å². The number of rotatable bonds is 4. The largest absolute Gasteiger partial charge is 0.380 e. The lowest BCUT2D eigenvalue weighted by Gasteiger charge is -2.09. The Hall–Kier alpha value is -2.33. The molecule has 0 atom stereocenters. The Bertz CT molecular complexity index is 755. The highest BCUT2D eigenvalue weighted by Crippen LogP contribution is 2.26. The normalized spacial score (nSPS) is 10.6. The molecule has 106 valence electrons. The second-order valence-corrected chi connectivity index (χ2v) is 5.11. The number of benzene rings is 2. The molecule has 2 aromatic carbocycles. The number of nitrogens with one attached hydrogen (secondary N) is 1. The van der Waals surface area contributed by atoms with E-state index in [1.54, 1.807) is 6.92 Å². The minimum Gasteiger partial charge on any atom is -0.380 e. The predicted octanol–water partition coefficient (Wildman–Crippen LogP) is 4.31. The van der Waals surface area contributed by atoms with Gasteiger partial charge in [-0.05, 0) is 36.8 Å². The molecule has 0 aliphatic rings. The van der Waals surface area contributed by atoms with Crippen molar-refractivity contribution in [1.29, 1.82) is 0 Å². The van der Waals surface area contributed by atoms with Crippen molar-refractivity contribution in [2.24, 2.45) is 0 Å². The maximum Gasteiger partial charge on any atom is 0.260 e. The summed E-state index contributed by atoms with van der Waals surface area (Å²) in [5.74, 6) is 1.14. The molecule has 0 amide bonds. The van der Waals surface area contributed by atoms with Crippen molar-refractivity contribution in [3.8, 4) is 11.5 Å². The molecule has 0 aliphatic heterocycles. The van der Waals surface area contributed by atoms with Crippen molar-refractivity contribution < 1.29 is 4.52 Å². The Morgan fingerprint density at radius 3 is 2.76 bits per heavy atom. The lowest BCUT2D eigenvalue weighted by molar-refractivity contribution is 0.426. The molecule has 0 fully saturated rings. The highest BCUT2D eigenvalue weighted by atomic mass is 35.5.